The lowest BCUT2D eigenvalue weighted by Crippen LogP contribution is -2.46. The first-order valence-electron chi connectivity index (χ1n) is 12.8. The molecular formula is C28H33N3O5. The van der Waals surface area contributed by atoms with E-state index in [4.69, 9.17) is 9.57 Å². The number of piperidine rings is 2. The summed E-state index contributed by atoms with van der Waals surface area (Å²) >= 11 is 0. The molecule has 8 nitrogen and oxygen atoms in total. The fourth-order valence-electron chi connectivity index (χ4n) is 5.40. The summed E-state index contributed by atoms with van der Waals surface area (Å²) in [4.78, 5) is 47.9. The summed E-state index contributed by atoms with van der Waals surface area (Å²) in [6.07, 6.45) is 3.10. The standard InChI is InChI=1S/C28H33N3O5/c32-26(17-21-13-15-29(16-14-21)28(34)35-19-22-7-3-1-4-8-22)25-12-11-24-18-30(25)27(33)31(24)36-20-23-9-5-2-6-10-23/h1-10,21,24-25H,11-20H2/t24-,25+/m1/s1. The fraction of sp³-hybridized carbons (Fsp3) is 0.464. The second-order valence-electron chi connectivity index (χ2n) is 9.91. The molecule has 3 heterocycles. The third-order valence-electron chi connectivity index (χ3n) is 7.48. The summed E-state index contributed by atoms with van der Waals surface area (Å²) in [5.41, 5.74) is 1.96. The molecule has 3 fully saturated rings. The number of hydrogen-bond acceptors (Lipinski definition) is 5. The van der Waals surface area contributed by atoms with E-state index in [0.717, 1.165) is 30.4 Å². The highest BCUT2D eigenvalue weighted by Crippen LogP contribution is 2.33. The first-order valence-corrected chi connectivity index (χ1v) is 12.8. The van der Waals surface area contributed by atoms with Gasteiger partial charge in [-0.3, -0.25) is 9.63 Å². The Kier molecular flexibility index (Phi) is 7.51. The molecule has 3 amide bonds. The van der Waals surface area contributed by atoms with Crippen molar-refractivity contribution < 1.29 is 24.0 Å². The van der Waals surface area contributed by atoms with E-state index in [-0.39, 0.29) is 42.5 Å². The number of fused-ring (bicyclic) bond motifs is 2. The quantitative estimate of drug-likeness (QED) is 0.547. The molecule has 8 heteroatoms. The second kappa shape index (κ2) is 11.1. The van der Waals surface area contributed by atoms with E-state index in [1.165, 1.54) is 5.06 Å². The fourth-order valence-corrected chi connectivity index (χ4v) is 5.40. The maximum Gasteiger partial charge on any atom is 0.410 e. The number of hydroxylamine groups is 2. The minimum absolute atomic E-state index is 0.00426. The number of ketones is 1. The minimum Gasteiger partial charge on any atom is -0.445 e. The highest BCUT2D eigenvalue weighted by atomic mass is 16.7. The molecule has 3 aliphatic heterocycles. The number of rotatable bonds is 8. The molecule has 190 valence electrons. The number of urea groups is 1. The Bertz CT molecular complexity index is 1060. The molecule has 0 aromatic heterocycles. The lowest BCUT2D eigenvalue weighted by atomic mass is 9.87. The Morgan fingerprint density at radius 3 is 2.14 bits per heavy atom. The van der Waals surface area contributed by atoms with Gasteiger partial charge in [-0.1, -0.05) is 60.7 Å². The Morgan fingerprint density at radius 2 is 1.47 bits per heavy atom. The van der Waals surface area contributed by atoms with Crippen molar-refractivity contribution in [1.29, 1.82) is 0 Å². The number of benzene rings is 2. The van der Waals surface area contributed by atoms with E-state index >= 15 is 0 Å². The van der Waals surface area contributed by atoms with E-state index in [1.807, 2.05) is 60.7 Å². The summed E-state index contributed by atoms with van der Waals surface area (Å²) in [5.74, 6) is 0.341. The van der Waals surface area contributed by atoms with Crippen molar-refractivity contribution in [2.75, 3.05) is 19.6 Å². The summed E-state index contributed by atoms with van der Waals surface area (Å²) in [5, 5.41) is 1.47. The summed E-state index contributed by atoms with van der Waals surface area (Å²) in [7, 11) is 0. The number of Topliss-reactive ketones (excluding diaryl/α,β-unsaturated/α-hetero) is 1. The topological polar surface area (TPSA) is 79.4 Å². The van der Waals surface area contributed by atoms with E-state index in [2.05, 4.69) is 0 Å². The van der Waals surface area contributed by atoms with Crippen LogP contribution in [-0.4, -0.2) is 64.5 Å². The number of ether oxygens (including phenoxy) is 1. The van der Waals surface area contributed by atoms with Gasteiger partial charge < -0.3 is 14.5 Å². The van der Waals surface area contributed by atoms with Crippen LogP contribution in [0.25, 0.3) is 0 Å². The van der Waals surface area contributed by atoms with Crippen LogP contribution >= 0.6 is 0 Å². The molecule has 0 saturated carbocycles. The maximum atomic E-state index is 13.2. The van der Waals surface area contributed by atoms with Crippen molar-refractivity contribution in [3.8, 4) is 0 Å². The predicted molar refractivity (Wildman–Crippen MR) is 133 cm³/mol. The summed E-state index contributed by atoms with van der Waals surface area (Å²) in [6.45, 7) is 2.30. The van der Waals surface area contributed by atoms with Crippen LogP contribution in [0.15, 0.2) is 60.7 Å². The maximum absolute atomic E-state index is 13.2. The van der Waals surface area contributed by atoms with E-state index in [1.54, 1.807) is 9.80 Å². The van der Waals surface area contributed by atoms with Gasteiger partial charge in [0.25, 0.3) is 0 Å². The molecule has 2 aromatic rings. The van der Waals surface area contributed by atoms with Crippen molar-refractivity contribution >= 4 is 17.9 Å². The molecule has 0 aliphatic carbocycles. The number of amides is 3. The highest BCUT2D eigenvalue weighted by Gasteiger charge is 2.47. The smallest absolute Gasteiger partial charge is 0.410 e. The highest BCUT2D eigenvalue weighted by molar-refractivity contribution is 5.90. The van der Waals surface area contributed by atoms with Crippen molar-refractivity contribution in [2.24, 2.45) is 5.92 Å². The van der Waals surface area contributed by atoms with Crippen molar-refractivity contribution in [3.05, 3.63) is 71.8 Å². The zero-order valence-electron chi connectivity index (χ0n) is 20.5. The molecule has 2 atom stereocenters. The van der Waals surface area contributed by atoms with E-state index in [9.17, 15) is 14.4 Å². The molecule has 36 heavy (non-hydrogen) atoms. The Labute approximate surface area is 211 Å². The number of nitrogens with zero attached hydrogens (tertiary/aromatic N) is 3. The van der Waals surface area contributed by atoms with Crippen LogP contribution < -0.4 is 0 Å². The summed E-state index contributed by atoms with van der Waals surface area (Å²) in [6, 6.07) is 18.8. The third kappa shape index (κ3) is 5.54. The Balaban J connectivity index is 1.07. The molecule has 2 bridgehead atoms. The molecule has 3 aliphatic rings. The van der Waals surface area contributed by atoms with Gasteiger partial charge in [0.05, 0.1) is 12.1 Å². The predicted octanol–water partition coefficient (Wildman–Crippen LogP) is 4.39. The van der Waals surface area contributed by atoms with E-state index in [0.29, 0.717) is 39.1 Å². The van der Waals surface area contributed by atoms with Gasteiger partial charge in [-0.25, -0.2) is 9.59 Å². The minimum atomic E-state index is -0.382. The lowest BCUT2D eigenvalue weighted by molar-refractivity contribution is -0.140. The SMILES string of the molecule is O=C(CC1CCN(C(=O)OCc2ccccc2)CC1)[C@@H]1CC[C@@H]2CN1C(=O)N2OCc1ccccc1. The van der Waals surface area contributed by atoms with Crippen LogP contribution in [0.3, 0.4) is 0 Å². The lowest BCUT2D eigenvalue weighted by Gasteiger charge is -2.33. The average molecular weight is 492 g/mol. The van der Waals surface area contributed by atoms with Crippen molar-refractivity contribution in [3.63, 3.8) is 0 Å². The van der Waals surface area contributed by atoms with Gasteiger partial charge in [-0.05, 0) is 42.7 Å². The van der Waals surface area contributed by atoms with Gasteiger partial charge >= 0.3 is 12.1 Å². The Hall–Kier alpha value is -3.39. The van der Waals surface area contributed by atoms with Gasteiger partial charge in [0.1, 0.15) is 13.2 Å². The van der Waals surface area contributed by atoms with Crippen LogP contribution in [0.4, 0.5) is 9.59 Å². The van der Waals surface area contributed by atoms with Crippen LogP contribution in [0.2, 0.25) is 0 Å². The number of carbonyl (C=O) groups excluding carboxylic acids is 3. The van der Waals surface area contributed by atoms with Gasteiger partial charge in [-0.15, -0.1) is 0 Å². The summed E-state index contributed by atoms with van der Waals surface area (Å²) < 4.78 is 5.44. The monoisotopic (exact) mass is 491 g/mol. The average Bonchev–Trinajstić information content (AvgIpc) is 3.16. The molecule has 0 N–H and O–H groups in total. The van der Waals surface area contributed by atoms with Gasteiger partial charge in [-0.2, -0.15) is 5.06 Å². The molecule has 3 saturated heterocycles. The van der Waals surface area contributed by atoms with Gasteiger partial charge in [0.2, 0.25) is 0 Å². The molecule has 5 rings (SSSR count). The third-order valence-corrected chi connectivity index (χ3v) is 7.48. The second-order valence-corrected chi connectivity index (χ2v) is 9.91. The van der Waals surface area contributed by atoms with Gasteiger partial charge in [0, 0.05) is 26.1 Å². The van der Waals surface area contributed by atoms with Gasteiger partial charge in [0.15, 0.2) is 5.78 Å². The number of likely N-dealkylation sites (tertiary alicyclic amines) is 1. The molecule has 0 spiro atoms. The van der Waals surface area contributed by atoms with Crippen LogP contribution in [-0.2, 0) is 27.6 Å². The van der Waals surface area contributed by atoms with Crippen molar-refractivity contribution in [1.82, 2.24) is 14.9 Å². The largest absolute Gasteiger partial charge is 0.445 e. The number of carbonyl (C=O) groups is 3. The first-order chi connectivity index (χ1) is 17.6. The van der Waals surface area contributed by atoms with Crippen molar-refractivity contribution in [2.45, 2.75) is 57.4 Å². The van der Waals surface area contributed by atoms with Crippen LogP contribution in [0.1, 0.15) is 43.2 Å². The van der Waals surface area contributed by atoms with E-state index < -0.39 is 0 Å². The first kappa shape index (κ1) is 24.3. The molecule has 2 aromatic carbocycles. The zero-order chi connectivity index (χ0) is 24.9. The Morgan fingerprint density at radius 1 is 0.833 bits per heavy atom. The normalized spacial score (nSPS) is 22.1. The molecule has 0 unspecified atom stereocenters. The molecule has 0 radical (unpaired) electrons. The van der Waals surface area contributed by atoms with Crippen LogP contribution in [0, 0.1) is 5.92 Å². The zero-order valence-corrected chi connectivity index (χ0v) is 20.5. The number of hydrogen-bond donors (Lipinski definition) is 0. The molecular weight excluding hydrogens is 458 g/mol. The van der Waals surface area contributed by atoms with Crippen LogP contribution in [0.5, 0.6) is 0 Å².